The van der Waals surface area contributed by atoms with E-state index in [2.05, 4.69) is 60.8 Å². The molecule has 0 bridgehead atoms. The molecule has 3 heteroatoms. The van der Waals surface area contributed by atoms with E-state index < -0.39 is 0 Å². The fourth-order valence-corrected chi connectivity index (χ4v) is 5.03. The average Bonchev–Trinajstić information content (AvgIpc) is 2.61. The average molecular weight is 337 g/mol. The molecule has 1 aliphatic heterocycles. The molecule has 2 aromatic rings. The predicted octanol–water partition coefficient (Wildman–Crippen LogP) is 4.46. The lowest BCUT2D eigenvalue weighted by Gasteiger charge is -2.46. The maximum atomic E-state index is 11.7. The van der Waals surface area contributed by atoms with Crippen molar-refractivity contribution in [3.8, 4) is 0 Å². The van der Waals surface area contributed by atoms with Crippen molar-refractivity contribution in [3.63, 3.8) is 0 Å². The summed E-state index contributed by atoms with van der Waals surface area (Å²) in [5.74, 6) is 1.23. The Kier molecular flexibility index (Phi) is 4.13. The minimum atomic E-state index is 0.104. The second kappa shape index (κ2) is 6.29. The summed E-state index contributed by atoms with van der Waals surface area (Å²) in [6, 6.07) is 17.9. The summed E-state index contributed by atoms with van der Waals surface area (Å²) in [7, 11) is 0. The lowest BCUT2D eigenvalue weighted by atomic mass is 9.64. The maximum absolute atomic E-state index is 11.7. The van der Waals surface area contributed by atoms with Gasteiger partial charge in [-0.1, -0.05) is 43.3 Å². The molecular formula is C21H23NOS. The molecular weight excluding hydrogens is 314 g/mol. The number of aryl methyl sites for hydroxylation is 1. The molecule has 124 valence electrons. The van der Waals surface area contributed by atoms with Crippen molar-refractivity contribution in [1.29, 1.82) is 0 Å². The number of fused-ring (bicyclic) bond motifs is 3. The van der Waals surface area contributed by atoms with E-state index in [-0.39, 0.29) is 11.3 Å². The molecule has 0 unspecified atom stereocenters. The van der Waals surface area contributed by atoms with E-state index in [9.17, 15) is 4.79 Å². The number of thioether (sulfide) groups is 1. The van der Waals surface area contributed by atoms with Crippen LogP contribution >= 0.6 is 11.8 Å². The normalized spacial score (nSPS) is 25.5. The van der Waals surface area contributed by atoms with E-state index in [1.807, 2.05) is 11.8 Å². The first kappa shape index (κ1) is 15.8. The molecule has 1 fully saturated rings. The number of nitrogens with one attached hydrogen (secondary N) is 1. The molecule has 1 amide bonds. The van der Waals surface area contributed by atoms with Crippen molar-refractivity contribution in [2.75, 3.05) is 0 Å². The van der Waals surface area contributed by atoms with Gasteiger partial charge >= 0.3 is 0 Å². The number of benzene rings is 2. The standard InChI is InChI=1S/C21H23NOS/c1-21-12-11-20(23)22-19(21)10-8-16-13-15(7-9-18(16)21)14-24-17-5-3-2-4-6-17/h2-7,9,13,19H,8,10-12,14H2,1H3,(H,22,23)/t19-,21-/m1/s1. The lowest BCUT2D eigenvalue weighted by molar-refractivity contribution is -0.125. The molecule has 0 saturated carbocycles. The number of piperidine rings is 1. The van der Waals surface area contributed by atoms with Crippen LogP contribution in [-0.2, 0) is 22.4 Å². The molecule has 0 aromatic heterocycles. The summed E-state index contributed by atoms with van der Waals surface area (Å²) >= 11 is 1.89. The second-order valence-electron chi connectivity index (χ2n) is 7.17. The third kappa shape index (κ3) is 2.86. The van der Waals surface area contributed by atoms with E-state index in [1.54, 1.807) is 0 Å². The van der Waals surface area contributed by atoms with Crippen molar-refractivity contribution >= 4 is 17.7 Å². The second-order valence-corrected chi connectivity index (χ2v) is 8.22. The fourth-order valence-electron chi connectivity index (χ4n) is 4.17. The van der Waals surface area contributed by atoms with E-state index >= 15 is 0 Å². The highest BCUT2D eigenvalue weighted by atomic mass is 32.2. The first-order valence-electron chi connectivity index (χ1n) is 8.75. The molecule has 1 saturated heterocycles. The zero-order valence-electron chi connectivity index (χ0n) is 14.0. The molecule has 2 aromatic carbocycles. The smallest absolute Gasteiger partial charge is 0.220 e. The van der Waals surface area contributed by atoms with Gasteiger partial charge in [0.1, 0.15) is 0 Å². The number of carbonyl (C=O) groups excluding carboxylic acids is 1. The lowest BCUT2D eigenvalue weighted by Crippen LogP contribution is -2.55. The maximum Gasteiger partial charge on any atom is 0.220 e. The van der Waals surface area contributed by atoms with Gasteiger partial charge in [-0.3, -0.25) is 4.79 Å². The van der Waals surface area contributed by atoms with Crippen LogP contribution in [0.15, 0.2) is 53.4 Å². The van der Waals surface area contributed by atoms with Gasteiger partial charge in [0.2, 0.25) is 5.91 Å². The van der Waals surface area contributed by atoms with E-state index in [4.69, 9.17) is 0 Å². The van der Waals surface area contributed by atoms with Gasteiger partial charge in [-0.15, -0.1) is 11.8 Å². The van der Waals surface area contributed by atoms with Crippen LogP contribution in [0.2, 0.25) is 0 Å². The van der Waals surface area contributed by atoms with Crippen molar-refractivity contribution in [3.05, 3.63) is 65.2 Å². The van der Waals surface area contributed by atoms with Gasteiger partial charge in [0.25, 0.3) is 0 Å². The van der Waals surface area contributed by atoms with Crippen molar-refractivity contribution in [2.24, 2.45) is 0 Å². The Balaban J connectivity index is 1.55. The largest absolute Gasteiger partial charge is 0.352 e. The Morgan fingerprint density at radius 2 is 2.00 bits per heavy atom. The van der Waals surface area contributed by atoms with Gasteiger partial charge < -0.3 is 5.32 Å². The van der Waals surface area contributed by atoms with Crippen LogP contribution in [-0.4, -0.2) is 11.9 Å². The molecule has 0 radical (unpaired) electrons. The van der Waals surface area contributed by atoms with Crippen LogP contribution < -0.4 is 5.32 Å². The molecule has 1 aliphatic carbocycles. The predicted molar refractivity (Wildman–Crippen MR) is 99.3 cm³/mol. The van der Waals surface area contributed by atoms with Gasteiger partial charge in [-0.25, -0.2) is 0 Å². The first-order chi connectivity index (χ1) is 11.6. The molecule has 2 atom stereocenters. The fraction of sp³-hybridized carbons (Fsp3) is 0.381. The SMILES string of the molecule is C[C@]12CCC(=O)N[C@@H]1CCc1cc(CSc3ccccc3)ccc12. The van der Waals surface area contributed by atoms with Crippen molar-refractivity contribution in [1.82, 2.24) is 5.32 Å². The van der Waals surface area contributed by atoms with Crippen molar-refractivity contribution in [2.45, 2.75) is 54.7 Å². The number of hydrogen-bond acceptors (Lipinski definition) is 2. The van der Waals surface area contributed by atoms with Gasteiger partial charge in [-0.05, 0) is 48.1 Å². The molecule has 2 nitrogen and oxygen atoms in total. The Morgan fingerprint density at radius 1 is 1.17 bits per heavy atom. The van der Waals surface area contributed by atoms with Crippen LogP contribution in [0, 0.1) is 0 Å². The van der Waals surface area contributed by atoms with E-state index in [0.717, 1.165) is 25.0 Å². The Morgan fingerprint density at radius 3 is 2.83 bits per heavy atom. The summed E-state index contributed by atoms with van der Waals surface area (Å²) < 4.78 is 0. The molecule has 4 rings (SSSR count). The van der Waals surface area contributed by atoms with Gasteiger partial charge in [0.15, 0.2) is 0 Å². The highest BCUT2D eigenvalue weighted by molar-refractivity contribution is 7.98. The minimum Gasteiger partial charge on any atom is -0.352 e. The summed E-state index contributed by atoms with van der Waals surface area (Å²) in [5.41, 5.74) is 4.43. The topological polar surface area (TPSA) is 29.1 Å². The highest BCUT2D eigenvalue weighted by Gasteiger charge is 2.43. The molecule has 1 heterocycles. The molecule has 24 heavy (non-hydrogen) atoms. The Hall–Kier alpha value is -1.74. The van der Waals surface area contributed by atoms with Crippen LogP contribution in [0.3, 0.4) is 0 Å². The summed E-state index contributed by atoms with van der Waals surface area (Å²) in [6.07, 6.45) is 3.75. The highest BCUT2D eigenvalue weighted by Crippen LogP contribution is 2.43. The summed E-state index contributed by atoms with van der Waals surface area (Å²) in [4.78, 5) is 13.0. The van der Waals surface area contributed by atoms with Gasteiger partial charge in [0, 0.05) is 28.5 Å². The third-order valence-electron chi connectivity index (χ3n) is 5.61. The number of carbonyl (C=O) groups is 1. The summed E-state index contributed by atoms with van der Waals surface area (Å²) in [5, 5.41) is 3.22. The quantitative estimate of drug-likeness (QED) is 0.838. The zero-order valence-corrected chi connectivity index (χ0v) is 14.9. The first-order valence-corrected chi connectivity index (χ1v) is 9.73. The number of hydrogen-bond donors (Lipinski definition) is 1. The van der Waals surface area contributed by atoms with E-state index in [0.29, 0.717) is 12.5 Å². The zero-order chi connectivity index (χ0) is 16.6. The Labute approximate surface area is 148 Å². The summed E-state index contributed by atoms with van der Waals surface area (Å²) in [6.45, 7) is 2.33. The minimum absolute atomic E-state index is 0.104. The van der Waals surface area contributed by atoms with Gasteiger partial charge in [-0.2, -0.15) is 0 Å². The number of amides is 1. The monoisotopic (exact) mass is 337 g/mol. The Bertz CT molecular complexity index is 758. The van der Waals surface area contributed by atoms with E-state index in [1.165, 1.54) is 21.6 Å². The van der Waals surface area contributed by atoms with Crippen molar-refractivity contribution < 1.29 is 4.79 Å². The molecule has 0 spiro atoms. The number of rotatable bonds is 3. The van der Waals surface area contributed by atoms with Gasteiger partial charge in [0.05, 0.1) is 0 Å². The molecule has 2 aliphatic rings. The van der Waals surface area contributed by atoms with Crippen LogP contribution in [0.25, 0.3) is 0 Å². The molecule has 1 N–H and O–H groups in total. The van der Waals surface area contributed by atoms with Crippen LogP contribution in [0.1, 0.15) is 42.9 Å². The van der Waals surface area contributed by atoms with Crippen LogP contribution in [0.5, 0.6) is 0 Å². The van der Waals surface area contributed by atoms with Crippen LogP contribution in [0.4, 0.5) is 0 Å². The third-order valence-corrected chi connectivity index (χ3v) is 6.69.